The van der Waals surface area contributed by atoms with Gasteiger partial charge in [-0.3, -0.25) is 4.72 Å². The first-order valence-corrected chi connectivity index (χ1v) is 7.87. The molecule has 0 radical (unpaired) electrons. The predicted octanol–water partition coefficient (Wildman–Crippen LogP) is 2.91. The quantitative estimate of drug-likeness (QED) is 0.912. The van der Waals surface area contributed by atoms with Gasteiger partial charge in [0, 0.05) is 6.54 Å². The molecule has 0 bridgehead atoms. The van der Waals surface area contributed by atoms with Crippen LogP contribution < -0.4 is 10.5 Å². The van der Waals surface area contributed by atoms with Crippen LogP contribution in [-0.2, 0) is 16.6 Å². The van der Waals surface area contributed by atoms with Crippen LogP contribution in [0.2, 0.25) is 5.02 Å². The maximum absolute atomic E-state index is 12.3. The Kier molecular flexibility index (Phi) is 4.32. The first-order chi connectivity index (χ1) is 9.44. The van der Waals surface area contributed by atoms with Crippen molar-refractivity contribution >= 4 is 27.3 Å². The van der Waals surface area contributed by atoms with Crippen LogP contribution >= 0.6 is 11.6 Å². The molecule has 0 aliphatic carbocycles. The first-order valence-electron chi connectivity index (χ1n) is 6.01. The van der Waals surface area contributed by atoms with E-state index >= 15 is 0 Å². The van der Waals surface area contributed by atoms with Crippen LogP contribution in [0.25, 0.3) is 0 Å². The van der Waals surface area contributed by atoms with Crippen molar-refractivity contribution in [2.45, 2.75) is 18.4 Å². The number of aryl methyl sites for hydroxylation is 1. The van der Waals surface area contributed by atoms with E-state index in [1.165, 1.54) is 0 Å². The van der Waals surface area contributed by atoms with Crippen molar-refractivity contribution in [3.05, 3.63) is 58.6 Å². The fraction of sp³-hybridized carbons (Fsp3) is 0.143. The third kappa shape index (κ3) is 3.12. The highest BCUT2D eigenvalue weighted by Crippen LogP contribution is 2.24. The minimum absolute atomic E-state index is 0.170. The van der Waals surface area contributed by atoms with Crippen molar-refractivity contribution in [1.29, 1.82) is 0 Å². The summed E-state index contributed by atoms with van der Waals surface area (Å²) in [5.41, 5.74) is 7.71. The SMILES string of the molecule is Cc1ccc(S(=O)(=O)Nc2ccccc2Cl)cc1CN. The molecule has 0 aliphatic rings. The van der Waals surface area contributed by atoms with Crippen molar-refractivity contribution in [2.24, 2.45) is 5.73 Å². The van der Waals surface area contributed by atoms with Crippen LogP contribution in [0, 0.1) is 6.92 Å². The van der Waals surface area contributed by atoms with Gasteiger partial charge in [-0.1, -0.05) is 29.8 Å². The zero-order chi connectivity index (χ0) is 14.8. The third-order valence-electron chi connectivity index (χ3n) is 2.97. The molecule has 6 heteroatoms. The van der Waals surface area contributed by atoms with E-state index in [0.29, 0.717) is 17.3 Å². The second-order valence-corrected chi connectivity index (χ2v) is 6.47. The van der Waals surface area contributed by atoms with Gasteiger partial charge in [0.15, 0.2) is 0 Å². The molecule has 0 saturated carbocycles. The summed E-state index contributed by atoms with van der Waals surface area (Å²) in [6, 6.07) is 11.5. The van der Waals surface area contributed by atoms with E-state index in [2.05, 4.69) is 4.72 Å². The van der Waals surface area contributed by atoms with Crippen LogP contribution in [-0.4, -0.2) is 8.42 Å². The lowest BCUT2D eigenvalue weighted by molar-refractivity contribution is 0.601. The van der Waals surface area contributed by atoms with E-state index < -0.39 is 10.0 Å². The number of hydrogen-bond acceptors (Lipinski definition) is 3. The summed E-state index contributed by atoms with van der Waals surface area (Å²) in [6.45, 7) is 2.18. The molecule has 0 saturated heterocycles. The number of anilines is 1. The van der Waals surface area contributed by atoms with Crippen LogP contribution in [0.5, 0.6) is 0 Å². The first kappa shape index (κ1) is 14.8. The summed E-state index contributed by atoms with van der Waals surface area (Å²) in [5.74, 6) is 0. The van der Waals surface area contributed by atoms with Crippen molar-refractivity contribution in [3.8, 4) is 0 Å². The molecular weight excluding hydrogens is 296 g/mol. The van der Waals surface area contributed by atoms with E-state index in [1.54, 1.807) is 42.5 Å². The van der Waals surface area contributed by atoms with Gasteiger partial charge >= 0.3 is 0 Å². The molecule has 2 aromatic carbocycles. The Morgan fingerprint density at radius 2 is 1.90 bits per heavy atom. The lowest BCUT2D eigenvalue weighted by Crippen LogP contribution is -2.14. The highest BCUT2D eigenvalue weighted by Gasteiger charge is 2.16. The van der Waals surface area contributed by atoms with Gasteiger partial charge in [-0.05, 0) is 42.3 Å². The summed E-state index contributed by atoms with van der Waals surface area (Å²) < 4.78 is 27.1. The number of sulfonamides is 1. The van der Waals surface area contributed by atoms with Gasteiger partial charge in [-0.25, -0.2) is 8.42 Å². The molecule has 0 atom stereocenters. The largest absolute Gasteiger partial charge is 0.326 e. The van der Waals surface area contributed by atoms with E-state index in [1.807, 2.05) is 6.92 Å². The molecule has 2 rings (SSSR count). The van der Waals surface area contributed by atoms with Gasteiger partial charge in [0.05, 0.1) is 15.6 Å². The molecule has 3 N–H and O–H groups in total. The number of para-hydroxylation sites is 1. The number of nitrogens with one attached hydrogen (secondary N) is 1. The molecule has 106 valence electrons. The Morgan fingerprint density at radius 1 is 1.20 bits per heavy atom. The van der Waals surface area contributed by atoms with Gasteiger partial charge in [-0.15, -0.1) is 0 Å². The number of nitrogens with two attached hydrogens (primary N) is 1. The minimum atomic E-state index is -3.68. The lowest BCUT2D eigenvalue weighted by Gasteiger charge is -2.11. The molecule has 0 heterocycles. The van der Waals surface area contributed by atoms with Gasteiger partial charge in [-0.2, -0.15) is 0 Å². The van der Waals surface area contributed by atoms with Crippen molar-refractivity contribution in [2.75, 3.05) is 4.72 Å². The zero-order valence-corrected chi connectivity index (χ0v) is 12.5. The summed E-state index contributed by atoms with van der Waals surface area (Å²) in [5, 5.41) is 0.349. The van der Waals surface area contributed by atoms with Crippen LogP contribution in [0.4, 0.5) is 5.69 Å². The smallest absolute Gasteiger partial charge is 0.261 e. The lowest BCUT2D eigenvalue weighted by atomic mass is 10.1. The Morgan fingerprint density at radius 3 is 2.55 bits per heavy atom. The van der Waals surface area contributed by atoms with Gasteiger partial charge in [0.2, 0.25) is 0 Å². The number of rotatable bonds is 4. The molecule has 0 spiro atoms. The molecule has 0 aromatic heterocycles. The fourth-order valence-electron chi connectivity index (χ4n) is 1.78. The third-order valence-corrected chi connectivity index (χ3v) is 4.66. The average Bonchev–Trinajstić information content (AvgIpc) is 2.41. The molecule has 20 heavy (non-hydrogen) atoms. The van der Waals surface area contributed by atoms with Gasteiger partial charge in [0.25, 0.3) is 10.0 Å². The average molecular weight is 311 g/mol. The molecular formula is C14H15ClN2O2S. The normalized spacial score (nSPS) is 11.3. The van der Waals surface area contributed by atoms with Crippen molar-refractivity contribution in [1.82, 2.24) is 0 Å². The minimum Gasteiger partial charge on any atom is -0.326 e. The second-order valence-electron chi connectivity index (χ2n) is 4.38. The summed E-state index contributed by atoms with van der Waals surface area (Å²) >= 11 is 5.95. The molecule has 0 amide bonds. The summed E-state index contributed by atoms with van der Waals surface area (Å²) in [6.07, 6.45) is 0. The van der Waals surface area contributed by atoms with Gasteiger partial charge in [0.1, 0.15) is 0 Å². The molecule has 0 aliphatic heterocycles. The Labute approximate surface area is 123 Å². The highest BCUT2D eigenvalue weighted by atomic mass is 35.5. The zero-order valence-electron chi connectivity index (χ0n) is 10.9. The van der Waals surface area contributed by atoms with E-state index in [0.717, 1.165) is 11.1 Å². The standard InChI is InChI=1S/C14H15ClN2O2S/c1-10-6-7-12(8-11(10)9-16)20(18,19)17-14-5-3-2-4-13(14)15/h2-8,17H,9,16H2,1H3. The maximum atomic E-state index is 12.3. The number of benzene rings is 2. The van der Waals surface area contributed by atoms with Crippen LogP contribution in [0.15, 0.2) is 47.4 Å². The summed E-state index contributed by atoms with van der Waals surface area (Å²) in [4.78, 5) is 0.170. The van der Waals surface area contributed by atoms with Crippen molar-refractivity contribution in [3.63, 3.8) is 0 Å². The summed E-state index contributed by atoms with van der Waals surface area (Å²) in [7, 11) is -3.68. The maximum Gasteiger partial charge on any atom is 0.261 e. The highest BCUT2D eigenvalue weighted by molar-refractivity contribution is 7.92. The van der Waals surface area contributed by atoms with E-state index in [4.69, 9.17) is 17.3 Å². The predicted molar refractivity (Wildman–Crippen MR) is 81.3 cm³/mol. The van der Waals surface area contributed by atoms with Crippen molar-refractivity contribution < 1.29 is 8.42 Å². The topological polar surface area (TPSA) is 72.2 Å². The molecule has 2 aromatic rings. The monoisotopic (exact) mass is 310 g/mol. The fourth-order valence-corrected chi connectivity index (χ4v) is 3.15. The Bertz CT molecular complexity index is 730. The number of hydrogen-bond donors (Lipinski definition) is 2. The second kappa shape index (κ2) is 5.83. The Balaban J connectivity index is 2.38. The van der Waals surface area contributed by atoms with Crippen LogP contribution in [0.3, 0.4) is 0 Å². The van der Waals surface area contributed by atoms with E-state index in [-0.39, 0.29) is 4.90 Å². The van der Waals surface area contributed by atoms with E-state index in [9.17, 15) is 8.42 Å². The molecule has 0 fully saturated rings. The molecule has 0 unspecified atom stereocenters. The molecule has 4 nitrogen and oxygen atoms in total. The number of halogens is 1. The Hall–Kier alpha value is -1.56. The van der Waals surface area contributed by atoms with Crippen LogP contribution in [0.1, 0.15) is 11.1 Å². The van der Waals surface area contributed by atoms with Gasteiger partial charge < -0.3 is 5.73 Å².